The zero-order chi connectivity index (χ0) is 20.6. The third-order valence-electron chi connectivity index (χ3n) is 3.38. The van der Waals surface area contributed by atoms with Gasteiger partial charge in [0.25, 0.3) is 5.91 Å². The second-order valence-corrected chi connectivity index (χ2v) is 7.15. The minimum Gasteiger partial charge on any atom is -0.343 e. The summed E-state index contributed by atoms with van der Waals surface area (Å²) in [5, 5.41) is 2.12. The molecule has 0 fully saturated rings. The summed E-state index contributed by atoms with van der Waals surface area (Å²) in [6.45, 7) is 0.548. The lowest BCUT2D eigenvalue weighted by Crippen LogP contribution is -2.43. The van der Waals surface area contributed by atoms with E-state index in [1.54, 1.807) is 0 Å². The third-order valence-corrected chi connectivity index (χ3v) is 4.91. The molecule has 2 N–H and O–H groups in total. The zero-order valence-electron chi connectivity index (χ0n) is 13.8. The number of alkyl halides is 3. The molecule has 13 heteroatoms. The lowest BCUT2D eigenvalue weighted by molar-refractivity contribution is -0.147. The van der Waals surface area contributed by atoms with Crippen LogP contribution >= 0.6 is 0 Å². The van der Waals surface area contributed by atoms with Crippen molar-refractivity contribution < 1.29 is 35.2 Å². The first-order valence-corrected chi connectivity index (χ1v) is 8.68. The van der Waals surface area contributed by atoms with Gasteiger partial charge in [0.05, 0.1) is 6.20 Å². The van der Waals surface area contributed by atoms with Crippen LogP contribution in [0, 0.1) is 11.6 Å². The summed E-state index contributed by atoms with van der Waals surface area (Å²) in [5.41, 5.74) is -0.763. The minimum absolute atomic E-state index is 0.143. The molecule has 0 radical (unpaired) electrons. The fourth-order valence-corrected chi connectivity index (χ4v) is 3.36. The summed E-state index contributed by atoms with van der Waals surface area (Å²) in [5.74, 6) is -3.50. The standard InChI is InChI=1S/C14H13F5N4O3S/c1-7(14(17,18)19)22-27(25,26)9-6-23(2)12(11(9)16)13(24)21-10-4-3-8(15)5-20-10/h3-7,22H,1-2H3,(H,20,21,24)/t7-/m1/s1. The number of hydrogen-bond acceptors (Lipinski definition) is 4. The number of sulfonamides is 1. The van der Waals surface area contributed by atoms with Gasteiger partial charge in [-0.3, -0.25) is 4.79 Å². The lowest BCUT2D eigenvalue weighted by Gasteiger charge is -2.16. The van der Waals surface area contributed by atoms with Crippen LogP contribution in [-0.4, -0.2) is 36.1 Å². The van der Waals surface area contributed by atoms with E-state index in [4.69, 9.17) is 0 Å². The largest absolute Gasteiger partial charge is 0.404 e. The van der Waals surface area contributed by atoms with Crippen LogP contribution in [0.25, 0.3) is 0 Å². The quantitative estimate of drug-likeness (QED) is 0.737. The van der Waals surface area contributed by atoms with Crippen molar-refractivity contribution in [2.75, 3.05) is 5.32 Å². The van der Waals surface area contributed by atoms with Crippen LogP contribution in [0.1, 0.15) is 17.4 Å². The predicted molar refractivity (Wildman–Crippen MR) is 83.4 cm³/mol. The fraction of sp³-hybridized carbons (Fsp3) is 0.286. The molecule has 27 heavy (non-hydrogen) atoms. The number of amides is 1. The van der Waals surface area contributed by atoms with Gasteiger partial charge in [0.2, 0.25) is 10.0 Å². The molecule has 0 aromatic carbocycles. The molecule has 0 aliphatic rings. The summed E-state index contributed by atoms with van der Waals surface area (Å²) in [7, 11) is -3.77. The number of hydrogen-bond donors (Lipinski definition) is 2. The molecule has 0 bridgehead atoms. The smallest absolute Gasteiger partial charge is 0.343 e. The van der Waals surface area contributed by atoms with E-state index in [-0.39, 0.29) is 5.82 Å². The van der Waals surface area contributed by atoms with E-state index in [0.717, 1.165) is 29.9 Å². The zero-order valence-corrected chi connectivity index (χ0v) is 14.6. The van der Waals surface area contributed by atoms with Gasteiger partial charge in [-0.05, 0) is 19.1 Å². The molecule has 2 rings (SSSR count). The number of carbonyl (C=O) groups excluding carboxylic acids is 1. The van der Waals surface area contributed by atoms with Crippen molar-refractivity contribution in [2.45, 2.75) is 24.0 Å². The first-order valence-electron chi connectivity index (χ1n) is 7.19. The van der Waals surface area contributed by atoms with Gasteiger partial charge in [0.1, 0.15) is 28.3 Å². The number of halogens is 5. The van der Waals surface area contributed by atoms with E-state index in [1.165, 1.54) is 4.72 Å². The molecule has 2 heterocycles. The van der Waals surface area contributed by atoms with Crippen molar-refractivity contribution in [2.24, 2.45) is 7.05 Å². The summed E-state index contributed by atoms with van der Waals surface area (Å²) in [6.07, 6.45) is -3.43. The Hall–Kier alpha value is -2.54. The Labute approximate surface area is 150 Å². The molecular formula is C14H13F5N4O3S. The van der Waals surface area contributed by atoms with E-state index in [9.17, 15) is 35.2 Å². The molecule has 0 saturated carbocycles. The number of aromatic nitrogens is 2. The van der Waals surface area contributed by atoms with Crippen LogP contribution in [0.15, 0.2) is 29.4 Å². The summed E-state index contributed by atoms with van der Waals surface area (Å²) < 4.78 is 91.1. The minimum atomic E-state index is -4.90. The summed E-state index contributed by atoms with van der Waals surface area (Å²) in [6, 6.07) is -0.413. The van der Waals surface area contributed by atoms with Crippen LogP contribution in [0.4, 0.5) is 27.8 Å². The fourth-order valence-electron chi connectivity index (χ4n) is 2.00. The van der Waals surface area contributed by atoms with Gasteiger partial charge in [-0.1, -0.05) is 0 Å². The van der Waals surface area contributed by atoms with Crippen LogP contribution in [-0.2, 0) is 17.1 Å². The van der Waals surface area contributed by atoms with Crippen LogP contribution in [0.2, 0.25) is 0 Å². The second-order valence-electron chi connectivity index (χ2n) is 5.47. The third kappa shape index (κ3) is 4.60. The van der Waals surface area contributed by atoms with Gasteiger partial charge in [0, 0.05) is 13.2 Å². The van der Waals surface area contributed by atoms with Gasteiger partial charge in [-0.15, -0.1) is 0 Å². The number of aryl methyl sites for hydroxylation is 1. The number of nitrogens with one attached hydrogen (secondary N) is 2. The van der Waals surface area contributed by atoms with Gasteiger partial charge >= 0.3 is 6.18 Å². The van der Waals surface area contributed by atoms with Crippen LogP contribution in [0.3, 0.4) is 0 Å². The summed E-state index contributed by atoms with van der Waals surface area (Å²) in [4.78, 5) is 14.6. The SMILES string of the molecule is C[C@@H](NS(=O)(=O)c1cn(C)c(C(=O)Nc2ccc(F)cn2)c1F)C(F)(F)F. The maximum Gasteiger partial charge on any atom is 0.404 e. The molecule has 1 amide bonds. The Morgan fingerprint density at radius 1 is 1.26 bits per heavy atom. The van der Waals surface area contributed by atoms with E-state index >= 15 is 0 Å². The highest BCUT2D eigenvalue weighted by atomic mass is 32.2. The van der Waals surface area contributed by atoms with Crippen molar-refractivity contribution in [1.29, 1.82) is 0 Å². The molecule has 2 aromatic heterocycles. The Bertz CT molecular complexity index is 954. The first kappa shape index (κ1) is 20.8. The maximum atomic E-state index is 14.5. The molecule has 0 saturated heterocycles. The topological polar surface area (TPSA) is 93.1 Å². The average Bonchev–Trinajstić information content (AvgIpc) is 2.84. The molecule has 2 aromatic rings. The molecule has 0 unspecified atom stereocenters. The second kappa shape index (κ2) is 7.23. The average molecular weight is 412 g/mol. The summed E-state index contributed by atoms with van der Waals surface area (Å²) >= 11 is 0. The van der Waals surface area contributed by atoms with Crippen molar-refractivity contribution in [3.8, 4) is 0 Å². The Morgan fingerprint density at radius 3 is 2.41 bits per heavy atom. The highest BCUT2D eigenvalue weighted by Crippen LogP contribution is 2.25. The molecule has 1 atom stereocenters. The van der Waals surface area contributed by atoms with Crippen LogP contribution < -0.4 is 10.0 Å². The van der Waals surface area contributed by atoms with E-state index in [1.807, 2.05) is 0 Å². The number of rotatable bonds is 5. The Balaban J connectivity index is 2.32. The molecular weight excluding hydrogens is 399 g/mol. The number of nitrogens with zero attached hydrogens (tertiary/aromatic N) is 2. The number of anilines is 1. The van der Waals surface area contributed by atoms with Crippen molar-refractivity contribution in [1.82, 2.24) is 14.3 Å². The van der Waals surface area contributed by atoms with E-state index in [0.29, 0.717) is 13.1 Å². The Morgan fingerprint density at radius 2 is 1.89 bits per heavy atom. The van der Waals surface area contributed by atoms with Crippen molar-refractivity contribution >= 4 is 21.7 Å². The van der Waals surface area contributed by atoms with Crippen molar-refractivity contribution in [3.63, 3.8) is 0 Å². The van der Waals surface area contributed by atoms with E-state index in [2.05, 4.69) is 10.3 Å². The van der Waals surface area contributed by atoms with Gasteiger partial charge in [-0.25, -0.2) is 22.2 Å². The predicted octanol–water partition coefficient (Wildman–Crippen LogP) is 2.18. The number of carbonyl (C=O) groups is 1. The number of pyridine rings is 1. The maximum absolute atomic E-state index is 14.5. The highest BCUT2D eigenvalue weighted by Gasteiger charge is 2.40. The first-order chi connectivity index (χ1) is 12.3. The molecule has 0 aliphatic carbocycles. The molecule has 0 aliphatic heterocycles. The molecule has 148 valence electrons. The van der Waals surface area contributed by atoms with E-state index < -0.39 is 50.4 Å². The Kier molecular flexibility index (Phi) is 5.56. The highest BCUT2D eigenvalue weighted by molar-refractivity contribution is 7.89. The lowest BCUT2D eigenvalue weighted by atomic mass is 10.3. The van der Waals surface area contributed by atoms with Gasteiger partial charge < -0.3 is 9.88 Å². The van der Waals surface area contributed by atoms with Crippen LogP contribution in [0.5, 0.6) is 0 Å². The van der Waals surface area contributed by atoms with Gasteiger partial charge in [0.15, 0.2) is 5.82 Å². The molecule has 0 spiro atoms. The monoisotopic (exact) mass is 412 g/mol. The normalized spacial score (nSPS) is 13.4. The molecule has 7 nitrogen and oxygen atoms in total. The van der Waals surface area contributed by atoms with Crippen molar-refractivity contribution in [3.05, 3.63) is 41.9 Å². The van der Waals surface area contributed by atoms with Gasteiger partial charge in [-0.2, -0.15) is 17.9 Å².